The minimum atomic E-state index is -1.13. The van der Waals surface area contributed by atoms with Crippen molar-refractivity contribution in [3.05, 3.63) is 102 Å². The minimum Gasteiger partial charge on any atom is -0.508 e. The average molecular weight is 404 g/mol. The number of aliphatic hydroxyl groups is 1. The number of nitrogens with zero attached hydrogens (tertiary/aromatic N) is 1. The summed E-state index contributed by atoms with van der Waals surface area (Å²) in [7, 11) is 0. The van der Waals surface area contributed by atoms with Crippen molar-refractivity contribution in [1.29, 1.82) is 0 Å². The maximum Gasteiger partial charge on any atom is 0.115 e. The van der Waals surface area contributed by atoms with Gasteiger partial charge in [-0.1, -0.05) is 72.8 Å². The van der Waals surface area contributed by atoms with Crippen LogP contribution in [0.2, 0.25) is 0 Å². The van der Waals surface area contributed by atoms with Gasteiger partial charge in [-0.25, -0.2) is 0 Å². The molecule has 0 saturated carbocycles. The van der Waals surface area contributed by atoms with E-state index in [1.165, 1.54) is 0 Å². The summed E-state index contributed by atoms with van der Waals surface area (Å²) in [6.07, 6.45) is 0.489. The Labute approximate surface area is 178 Å². The summed E-state index contributed by atoms with van der Waals surface area (Å²) < 4.78 is 5.53. The van der Waals surface area contributed by atoms with Gasteiger partial charge in [0.15, 0.2) is 0 Å². The molecule has 30 heavy (non-hydrogen) atoms. The van der Waals surface area contributed by atoms with E-state index in [1.54, 1.807) is 12.1 Å². The van der Waals surface area contributed by atoms with E-state index in [-0.39, 0.29) is 11.7 Å². The van der Waals surface area contributed by atoms with Crippen LogP contribution in [0.15, 0.2) is 84.9 Å². The third-order valence-electron chi connectivity index (χ3n) is 6.01. The Morgan fingerprint density at radius 2 is 1.43 bits per heavy atom. The predicted octanol–water partition coefficient (Wildman–Crippen LogP) is 3.94. The normalized spacial score (nSPS) is 17.9. The third kappa shape index (κ3) is 4.73. The van der Waals surface area contributed by atoms with Crippen molar-refractivity contribution >= 4 is 0 Å². The number of rotatable bonds is 7. The Bertz CT molecular complexity index is 908. The van der Waals surface area contributed by atoms with Gasteiger partial charge in [-0.3, -0.25) is 4.90 Å². The zero-order valence-electron chi connectivity index (χ0n) is 17.2. The molecule has 1 heterocycles. The van der Waals surface area contributed by atoms with E-state index in [0.717, 1.165) is 49.5 Å². The fourth-order valence-electron chi connectivity index (χ4n) is 4.34. The van der Waals surface area contributed by atoms with Crippen molar-refractivity contribution in [3.63, 3.8) is 0 Å². The number of hydrogen-bond acceptors (Lipinski definition) is 4. The van der Waals surface area contributed by atoms with Crippen LogP contribution in [0.3, 0.4) is 0 Å². The van der Waals surface area contributed by atoms with E-state index in [4.69, 9.17) is 4.74 Å². The summed E-state index contributed by atoms with van der Waals surface area (Å²) in [5.74, 6) is 0.0619. The van der Waals surface area contributed by atoms with E-state index >= 15 is 0 Å². The number of phenols is 1. The van der Waals surface area contributed by atoms with Gasteiger partial charge in [0, 0.05) is 32.0 Å². The topological polar surface area (TPSA) is 52.9 Å². The monoisotopic (exact) mass is 403 g/mol. The average Bonchev–Trinajstić information content (AvgIpc) is 2.80. The molecule has 2 N–H and O–H groups in total. The highest BCUT2D eigenvalue weighted by Gasteiger charge is 2.40. The molecule has 0 bridgehead atoms. The molecular formula is C26H29NO3. The van der Waals surface area contributed by atoms with Gasteiger partial charge < -0.3 is 14.9 Å². The summed E-state index contributed by atoms with van der Waals surface area (Å²) in [6, 6.07) is 27.4. The molecular weight excluding hydrogens is 374 g/mol. The van der Waals surface area contributed by atoms with Gasteiger partial charge in [0.2, 0.25) is 0 Å². The molecule has 1 aliphatic rings. The minimum absolute atomic E-state index is 0.137. The zero-order chi connectivity index (χ0) is 20.8. The number of aromatic hydroxyl groups is 1. The smallest absolute Gasteiger partial charge is 0.115 e. The molecule has 0 spiro atoms. The first-order chi connectivity index (χ1) is 14.6. The van der Waals surface area contributed by atoms with Crippen molar-refractivity contribution in [3.8, 4) is 5.75 Å². The Balaban J connectivity index is 1.77. The molecule has 4 heteroatoms. The van der Waals surface area contributed by atoms with Gasteiger partial charge in [-0.2, -0.15) is 0 Å². The SMILES string of the molecule is Oc1ccc([C@](O)(Cc2ccccc2)[C@@H](CN2CCOCC2)c2ccccc2)cc1. The van der Waals surface area contributed by atoms with Crippen LogP contribution in [0.4, 0.5) is 0 Å². The second-order valence-corrected chi connectivity index (χ2v) is 8.01. The van der Waals surface area contributed by atoms with Gasteiger partial charge in [-0.05, 0) is 28.8 Å². The lowest BCUT2D eigenvalue weighted by atomic mass is 9.73. The standard InChI is InChI=1S/C26H29NO3/c28-24-13-11-23(12-14-24)26(29,19-21-7-3-1-4-8-21)25(22-9-5-2-6-10-22)20-27-15-17-30-18-16-27/h1-14,25,28-29H,15-20H2/t25-,26+/m0/s1. The summed E-state index contributed by atoms with van der Waals surface area (Å²) in [5, 5.41) is 22.2. The van der Waals surface area contributed by atoms with Crippen LogP contribution in [0.1, 0.15) is 22.6 Å². The van der Waals surface area contributed by atoms with Crippen molar-refractivity contribution in [2.75, 3.05) is 32.8 Å². The summed E-state index contributed by atoms with van der Waals surface area (Å²) in [4.78, 5) is 2.37. The fraction of sp³-hybridized carbons (Fsp3) is 0.308. The Morgan fingerprint density at radius 3 is 2.07 bits per heavy atom. The molecule has 0 amide bonds. The van der Waals surface area contributed by atoms with E-state index in [9.17, 15) is 10.2 Å². The molecule has 0 aromatic heterocycles. The van der Waals surface area contributed by atoms with Crippen molar-refractivity contribution in [1.82, 2.24) is 4.90 Å². The van der Waals surface area contributed by atoms with Crippen molar-refractivity contribution < 1.29 is 14.9 Å². The third-order valence-corrected chi connectivity index (χ3v) is 6.01. The molecule has 3 aromatic rings. The molecule has 2 atom stereocenters. The Kier molecular flexibility index (Phi) is 6.48. The quantitative estimate of drug-likeness (QED) is 0.627. The zero-order valence-corrected chi connectivity index (χ0v) is 17.2. The number of ether oxygens (including phenoxy) is 1. The van der Waals surface area contributed by atoms with Gasteiger partial charge in [0.1, 0.15) is 11.4 Å². The Morgan fingerprint density at radius 1 is 0.833 bits per heavy atom. The summed E-state index contributed by atoms with van der Waals surface area (Å²) in [6.45, 7) is 3.90. The van der Waals surface area contributed by atoms with E-state index in [0.29, 0.717) is 6.42 Å². The van der Waals surface area contributed by atoms with Crippen LogP contribution in [0.25, 0.3) is 0 Å². The van der Waals surface area contributed by atoms with Gasteiger partial charge in [0.25, 0.3) is 0 Å². The first-order valence-electron chi connectivity index (χ1n) is 10.6. The molecule has 4 nitrogen and oxygen atoms in total. The highest BCUT2D eigenvalue weighted by atomic mass is 16.5. The second-order valence-electron chi connectivity index (χ2n) is 8.01. The van der Waals surface area contributed by atoms with E-state index in [2.05, 4.69) is 29.2 Å². The molecule has 156 valence electrons. The maximum absolute atomic E-state index is 12.3. The lowest BCUT2D eigenvalue weighted by Gasteiger charge is -2.41. The Hall–Kier alpha value is -2.66. The predicted molar refractivity (Wildman–Crippen MR) is 119 cm³/mol. The van der Waals surface area contributed by atoms with Crippen LogP contribution >= 0.6 is 0 Å². The first-order valence-corrected chi connectivity index (χ1v) is 10.6. The number of phenolic OH excluding ortho intramolecular Hbond substituents is 1. The molecule has 1 saturated heterocycles. The lowest BCUT2D eigenvalue weighted by Crippen LogP contribution is -2.45. The molecule has 3 aromatic carbocycles. The number of benzene rings is 3. The van der Waals surface area contributed by atoms with Crippen LogP contribution in [-0.2, 0) is 16.8 Å². The number of hydrogen-bond donors (Lipinski definition) is 2. The van der Waals surface area contributed by atoms with Gasteiger partial charge in [-0.15, -0.1) is 0 Å². The molecule has 0 radical (unpaired) electrons. The maximum atomic E-state index is 12.3. The summed E-state index contributed by atoms with van der Waals surface area (Å²) >= 11 is 0. The highest BCUT2D eigenvalue weighted by molar-refractivity contribution is 5.37. The van der Waals surface area contributed by atoms with Crippen LogP contribution < -0.4 is 0 Å². The van der Waals surface area contributed by atoms with Gasteiger partial charge >= 0.3 is 0 Å². The van der Waals surface area contributed by atoms with Gasteiger partial charge in [0.05, 0.1) is 13.2 Å². The lowest BCUT2D eigenvalue weighted by molar-refractivity contribution is -0.0223. The molecule has 1 fully saturated rings. The molecule has 0 aliphatic carbocycles. The summed E-state index contributed by atoms with van der Waals surface area (Å²) in [5.41, 5.74) is 1.87. The molecule has 0 unspecified atom stereocenters. The highest BCUT2D eigenvalue weighted by Crippen LogP contribution is 2.41. The van der Waals surface area contributed by atoms with Crippen LogP contribution in [0.5, 0.6) is 5.75 Å². The fourth-order valence-corrected chi connectivity index (χ4v) is 4.34. The van der Waals surface area contributed by atoms with Crippen molar-refractivity contribution in [2.45, 2.75) is 17.9 Å². The van der Waals surface area contributed by atoms with Crippen molar-refractivity contribution in [2.24, 2.45) is 0 Å². The first kappa shape index (κ1) is 20.6. The molecule has 1 aliphatic heterocycles. The second kappa shape index (κ2) is 9.43. The largest absolute Gasteiger partial charge is 0.508 e. The van der Waals surface area contributed by atoms with E-state index < -0.39 is 5.60 Å². The molecule has 4 rings (SSSR count). The van der Waals surface area contributed by atoms with Crippen LogP contribution in [-0.4, -0.2) is 48.0 Å². The van der Waals surface area contributed by atoms with Crippen LogP contribution in [0, 0.1) is 0 Å². The number of morpholine rings is 1. The van der Waals surface area contributed by atoms with E-state index in [1.807, 2.05) is 48.5 Å².